The van der Waals surface area contributed by atoms with E-state index in [-0.39, 0.29) is 0 Å². The number of benzene rings is 1. The fourth-order valence-electron chi connectivity index (χ4n) is 0.676. The van der Waals surface area contributed by atoms with Crippen LogP contribution in [-0.4, -0.2) is 11.2 Å². The minimum absolute atomic E-state index is 0.532. The molecule has 0 saturated heterocycles. The molecule has 0 heterocycles. The van der Waals surface area contributed by atoms with E-state index in [1.165, 1.54) is 6.61 Å². The lowest BCUT2D eigenvalue weighted by molar-refractivity contribution is 0.170. The van der Waals surface area contributed by atoms with Gasteiger partial charge >= 0.3 is 0 Å². The molecule has 0 saturated carbocycles. The Morgan fingerprint density at radius 1 is 1.36 bits per heavy atom. The maximum absolute atomic E-state index is 8.83. The molecule has 1 rings (SSSR count). The smallest absolute Gasteiger partial charge is 0.163 e. The van der Waals surface area contributed by atoms with Crippen LogP contribution in [0.15, 0.2) is 30.3 Å². The Bertz CT molecular complexity index is 194. The number of aliphatic hydroxyl groups is 1. The van der Waals surface area contributed by atoms with Gasteiger partial charge < -0.3 is 9.84 Å². The SMILES string of the molecule is CC(O)[CH]Oc1ccccc1. The predicted molar refractivity (Wildman–Crippen MR) is 43.1 cm³/mol. The van der Waals surface area contributed by atoms with E-state index in [1.54, 1.807) is 6.92 Å². The Labute approximate surface area is 66.4 Å². The monoisotopic (exact) mass is 151 g/mol. The second kappa shape index (κ2) is 3.98. The van der Waals surface area contributed by atoms with Crippen molar-refractivity contribution in [2.45, 2.75) is 13.0 Å². The van der Waals surface area contributed by atoms with Crippen molar-refractivity contribution >= 4 is 0 Å². The molecule has 0 amide bonds. The number of aliphatic hydroxyl groups excluding tert-OH is 1. The zero-order valence-electron chi connectivity index (χ0n) is 6.40. The van der Waals surface area contributed by atoms with Crippen LogP contribution < -0.4 is 4.74 Å². The Hall–Kier alpha value is -1.02. The highest BCUT2D eigenvalue weighted by Crippen LogP contribution is 2.09. The molecule has 1 N–H and O–H groups in total. The summed E-state index contributed by atoms with van der Waals surface area (Å²) in [6.07, 6.45) is -0.532. The topological polar surface area (TPSA) is 29.5 Å². The summed E-state index contributed by atoms with van der Waals surface area (Å²) in [7, 11) is 0. The van der Waals surface area contributed by atoms with E-state index in [4.69, 9.17) is 9.84 Å². The molecule has 0 aliphatic rings. The normalized spacial score (nSPS) is 12.5. The summed E-state index contributed by atoms with van der Waals surface area (Å²) in [5.41, 5.74) is 0. The number of rotatable bonds is 3. The summed E-state index contributed by atoms with van der Waals surface area (Å²) in [5.74, 6) is 0.744. The van der Waals surface area contributed by atoms with E-state index in [0.29, 0.717) is 0 Å². The summed E-state index contributed by atoms with van der Waals surface area (Å²) in [6.45, 7) is 3.03. The molecule has 59 valence electrons. The maximum Gasteiger partial charge on any atom is 0.163 e. The minimum atomic E-state index is -0.532. The number of hydrogen-bond donors (Lipinski definition) is 1. The van der Waals surface area contributed by atoms with Crippen LogP contribution in [0.25, 0.3) is 0 Å². The molecule has 0 aliphatic carbocycles. The third kappa shape index (κ3) is 3.05. The first-order valence-corrected chi connectivity index (χ1v) is 3.52. The van der Waals surface area contributed by atoms with Gasteiger partial charge in [0.1, 0.15) is 5.75 Å². The van der Waals surface area contributed by atoms with E-state index >= 15 is 0 Å². The molecule has 0 spiro atoms. The van der Waals surface area contributed by atoms with Crippen LogP contribution in [0.1, 0.15) is 6.92 Å². The Kier molecular flexibility index (Phi) is 2.93. The molecule has 0 bridgehead atoms. The highest BCUT2D eigenvalue weighted by Gasteiger charge is 1.96. The largest absolute Gasteiger partial charge is 0.484 e. The number of para-hydroxylation sites is 1. The maximum atomic E-state index is 8.83. The summed E-state index contributed by atoms with van der Waals surface area (Å²) in [5, 5.41) is 8.83. The molecule has 0 aliphatic heterocycles. The van der Waals surface area contributed by atoms with Gasteiger partial charge in [-0.15, -0.1) is 0 Å². The summed E-state index contributed by atoms with van der Waals surface area (Å²) in [6, 6.07) is 9.34. The molecule has 0 aromatic heterocycles. The van der Waals surface area contributed by atoms with E-state index < -0.39 is 6.10 Å². The van der Waals surface area contributed by atoms with Gasteiger partial charge in [0.2, 0.25) is 0 Å². The van der Waals surface area contributed by atoms with Crippen LogP contribution in [0, 0.1) is 6.61 Å². The molecule has 1 aromatic rings. The van der Waals surface area contributed by atoms with Gasteiger partial charge in [-0.1, -0.05) is 18.2 Å². The van der Waals surface area contributed by atoms with Crippen molar-refractivity contribution in [3.63, 3.8) is 0 Å². The van der Waals surface area contributed by atoms with E-state index in [1.807, 2.05) is 30.3 Å². The summed E-state index contributed by atoms with van der Waals surface area (Å²) in [4.78, 5) is 0. The van der Waals surface area contributed by atoms with Crippen LogP contribution >= 0.6 is 0 Å². The van der Waals surface area contributed by atoms with Gasteiger partial charge in [-0.05, 0) is 19.1 Å². The highest BCUT2D eigenvalue weighted by atomic mass is 16.5. The zero-order chi connectivity index (χ0) is 8.10. The van der Waals surface area contributed by atoms with E-state index in [9.17, 15) is 0 Å². The van der Waals surface area contributed by atoms with E-state index in [0.717, 1.165) is 5.75 Å². The second-order valence-corrected chi connectivity index (χ2v) is 2.31. The standard InChI is InChI=1S/C9H11O2/c1-8(10)7-11-9-5-3-2-4-6-9/h2-8,10H,1H3. The molecule has 1 aromatic carbocycles. The number of ether oxygens (including phenoxy) is 1. The van der Waals surface area contributed by atoms with Crippen molar-refractivity contribution in [3.8, 4) is 5.75 Å². The van der Waals surface area contributed by atoms with Crippen molar-refractivity contribution in [1.82, 2.24) is 0 Å². The van der Waals surface area contributed by atoms with Gasteiger partial charge in [0.05, 0.1) is 6.10 Å². The van der Waals surface area contributed by atoms with Crippen molar-refractivity contribution in [2.24, 2.45) is 0 Å². The first-order valence-electron chi connectivity index (χ1n) is 3.52. The summed E-state index contributed by atoms with van der Waals surface area (Å²) < 4.78 is 5.09. The fourth-order valence-corrected chi connectivity index (χ4v) is 0.676. The van der Waals surface area contributed by atoms with Gasteiger partial charge in [-0.25, -0.2) is 0 Å². The van der Waals surface area contributed by atoms with Crippen molar-refractivity contribution < 1.29 is 9.84 Å². The van der Waals surface area contributed by atoms with Gasteiger partial charge in [-0.2, -0.15) is 0 Å². The molecule has 1 unspecified atom stereocenters. The van der Waals surface area contributed by atoms with Gasteiger partial charge in [0, 0.05) is 0 Å². The van der Waals surface area contributed by atoms with Crippen LogP contribution in [0.2, 0.25) is 0 Å². The Balaban J connectivity index is 2.39. The molecule has 1 radical (unpaired) electrons. The second-order valence-electron chi connectivity index (χ2n) is 2.31. The first kappa shape index (κ1) is 8.08. The quantitative estimate of drug-likeness (QED) is 0.711. The molecule has 11 heavy (non-hydrogen) atoms. The molecule has 0 fully saturated rings. The Morgan fingerprint density at radius 3 is 2.55 bits per heavy atom. The lowest BCUT2D eigenvalue weighted by Crippen LogP contribution is -2.05. The van der Waals surface area contributed by atoms with Gasteiger partial charge in [0.25, 0.3) is 0 Å². The van der Waals surface area contributed by atoms with Crippen molar-refractivity contribution in [2.75, 3.05) is 0 Å². The average molecular weight is 151 g/mol. The predicted octanol–water partition coefficient (Wildman–Crippen LogP) is 1.61. The fraction of sp³-hybridized carbons (Fsp3) is 0.222. The minimum Gasteiger partial charge on any atom is -0.484 e. The van der Waals surface area contributed by atoms with Crippen LogP contribution in [0.3, 0.4) is 0 Å². The third-order valence-electron chi connectivity index (χ3n) is 1.14. The van der Waals surface area contributed by atoms with Crippen molar-refractivity contribution in [1.29, 1.82) is 0 Å². The van der Waals surface area contributed by atoms with Gasteiger partial charge in [-0.3, -0.25) is 0 Å². The molecule has 2 nitrogen and oxygen atoms in total. The molecular formula is C9H11O2. The van der Waals surface area contributed by atoms with E-state index in [2.05, 4.69) is 0 Å². The van der Waals surface area contributed by atoms with Crippen LogP contribution in [0.4, 0.5) is 0 Å². The molecular weight excluding hydrogens is 140 g/mol. The average Bonchev–Trinajstić information content (AvgIpc) is 2.03. The van der Waals surface area contributed by atoms with Gasteiger partial charge in [0.15, 0.2) is 6.61 Å². The summed E-state index contributed by atoms with van der Waals surface area (Å²) >= 11 is 0. The lowest BCUT2D eigenvalue weighted by atomic mass is 10.3. The molecule has 2 heteroatoms. The highest BCUT2D eigenvalue weighted by molar-refractivity contribution is 5.21. The lowest BCUT2D eigenvalue weighted by Gasteiger charge is -2.05. The van der Waals surface area contributed by atoms with Crippen molar-refractivity contribution in [3.05, 3.63) is 36.9 Å². The van der Waals surface area contributed by atoms with Crippen LogP contribution in [0.5, 0.6) is 5.75 Å². The number of hydrogen-bond acceptors (Lipinski definition) is 2. The Morgan fingerprint density at radius 2 is 2.00 bits per heavy atom. The third-order valence-corrected chi connectivity index (χ3v) is 1.14. The first-order chi connectivity index (χ1) is 5.29. The van der Waals surface area contributed by atoms with Crippen LogP contribution in [-0.2, 0) is 0 Å². The molecule has 1 atom stereocenters. The zero-order valence-corrected chi connectivity index (χ0v) is 6.40.